The molecule has 0 radical (unpaired) electrons. The van der Waals surface area contributed by atoms with Crippen LogP contribution >= 0.6 is 15.9 Å². The van der Waals surface area contributed by atoms with Crippen molar-refractivity contribution < 1.29 is 15.3 Å². The summed E-state index contributed by atoms with van der Waals surface area (Å²) in [6.07, 6.45) is 0.898. The molecule has 2 aromatic carbocycles. The number of aliphatic hydroxyl groups is 1. The molecule has 20 heavy (non-hydrogen) atoms. The van der Waals surface area contributed by atoms with Gasteiger partial charge >= 0.3 is 0 Å². The number of anilines is 1. The van der Waals surface area contributed by atoms with Gasteiger partial charge in [-0.1, -0.05) is 6.07 Å². The Kier molecular flexibility index (Phi) is 3.16. The molecule has 2 aromatic rings. The zero-order valence-corrected chi connectivity index (χ0v) is 11.9. The van der Waals surface area contributed by atoms with E-state index < -0.39 is 6.23 Å². The van der Waals surface area contributed by atoms with Gasteiger partial charge < -0.3 is 20.2 Å². The zero-order chi connectivity index (χ0) is 14.3. The number of hydrogen-bond donors (Lipinski definition) is 3. The van der Waals surface area contributed by atoms with Crippen molar-refractivity contribution in [3.05, 3.63) is 59.8 Å². The van der Waals surface area contributed by atoms with E-state index in [9.17, 15) is 15.3 Å². The van der Waals surface area contributed by atoms with Crippen molar-refractivity contribution in [2.75, 3.05) is 4.90 Å². The van der Waals surface area contributed by atoms with Crippen molar-refractivity contribution in [2.45, 2.75) is 6.23 Å². The van der Waals surface area contributed by atoms with Gasteiger partial charge in [-0.05, 0) is 52.3 Å². The molecule has 4 nitrogen and oxygen atoms in total. The highest BCUT2D eigenvalue weighted by atomic mass is 79.9. The molecular formula is C15H12BrNO3. The number of aliphatic hydroxyl groups excluding tert-OH is 1. The number of hydrogen-bond acceptors (Lipinski definition) is 4. The van der Waals surface area contributed by atoms with Crippen LogP contribution < -0.4 is 4.90 Å². The van der Waals surface area contributed by atoms with Crippen LogP contribution in [0.3, 0.4) is 0 Å². The van der Waals surface area contributed by atoms with Crippen molar-refractivity contribution in [1.29, 1.82) is 0 Å². The molecule has 1 aliphatic heterocycles. The highest BCUT2D eigenvalue weighted by molar-refractivity contribution is 9.15. The van der Waals surface area contributed by atoms with E-state index in [1.807, 2.05) is 0 Å². The first-order chi connectivity index (χ1) is 9.56. The molecule has 5 heteroatoms. The predicted octanol–water partition coefficient (Wildman–Crippen LogP) is 3.30. The normalized spacial score (nSPS) is 17.6. The molecule has 0 bridgehead atoms. The summed E-state index contributed by atoms with van der Waals surface area (Å²) in [4.78, 5) is 1.68. The Balaban J connectivity index is 2.07. The molecule has 1 atom stereocenters. The third-order valence-corrected chi connectivity index (χ3v) is 3.87. The van der Waals surface area contributed by atoms with Crippen molar-refractivity contribution >= 4 is 26.1 Å². The standard InChI is InChI=1S/C15H12BrNO3/c16-14-8-17(9-1-3-10(18)4-2-9)15(20)12-6-5-11(19)7-13(12)14/h1-8,15,18-20H. The van der Waals surface area contributed by atoms with E-state index in [0.717, 1.165) is 15.7 Å². The smallest absolute Gasteiger partial charge is 0.157 e. The van der Waals surface area contributed by atoms with E-state index in [1.165, 1.54) is 0 Å². The molecule has 1 unspecified atom stereocenters. The van der Waals surface area contributed by atoms with E-state index in [4.69, 9.17) is 0 Å². The minimum Gasteiger partial charge on any atom is -0.508 e. The maximum absolute atomic E-state index is 10.5. The van der Waals surface area contributed by atoms with E-state index in [2.05, 4.69) is 15.9 Å². The third kappa shape index (κ3) is 2.15. The summed E-state index contributed by atoms with van der Waals surface area (Å²) in [5.74, 6) is 0.327. The van der Waals surface area contributed by atoms with Gasteiger partial charge in [0, 0.05) is 27.5 Å². The van der Waals surface area contributed by atoms with Gasteiger partial charge in [0.05, 0.1) is 0 Å². The van der Waals surface area contributed by atoms with Crippen molar-refractivity contribution in [3.8, 4) is 11.5 Å². The highest BCUT2D eigenvalue weighted by Crippen LogP contribution is 2.40. The first kappa shape index (κ1) is 13.0. The summed E-state index contributed by atoms with van der Waals surface area (Å²) in [5.41, 5.74) is 2.21. The SMILES string of the molecule is Oc1ccc(N2C=C(Br)c3cc(O)ccc3C2O)cc1. The predicted molar refractivity (Wildman–Crippen MR) is 80.6 cm³/mol. The van der Waals surface area contributed by atoms with Gasteiger partial charge in [-0.15, -0.1) is 0 Å². The molecule has 0 aromatic heterocycles. The summed E-state index contributed by atoms with van der Waals surface area (Å²) in [6, 6.07) is 11.4. The molecular weight excluding hydrogens is 322 g/mol. The summed E-state index contributed by atoms with van der Waals surface area (Å²) in [7, 11) is 0. The first-order valence-corrected chi connectivity index (χ1v) is 6.81. The number of benzene rings is 2. The lowest BCUT2D eigenvalue weighted by molar-refractivity contribution is 0.181. The largest absolute Gasteiger partial charge is 0.508 e. The monoisotopic (exact) mass is 333 g/mol. The van der Waals surface area contributed by atoms with Gasteiger partial charge in [-0.2, -0.15) is 0 Å². The van der Waals surface area contributed by atoms with Gasteiger partial charge in [0.15, 0.2) is 6.23 Å². The summed E-state index contributed by atoms with van der Waals surface area (Å²) in [5, 5.41) is 29.3. The molecule has 3 rings (SSSR count). The fourth-order valence-electron chi connectivity index (χ4n) is 2.23. The Labute approximate surface area is 124 Å². The zero-order valence-electron chi connectivity index (χ0n) is 10.4. The van der Waals surface area contributed by atoms with Gasteiger partial charge in [0.25, 0.3) is 0 Å². The van der Waals surface area contributed by atoms with Crippen LogP contribution in [0, 0.1) is 0 Å². The van der Waals surface area contributed by atoms with Crippen LogP contribution in [0.25, 0.3) is 4.48 Å². The molecule has 102 valence electrons. The van der Waals surface area contributed by atoms with E-state index in [1.54, 1.807) is 53.6 Å². The second-order valence-corrected chi connectivity index (χ2v) is 5.40. The summed E-state index contributed by atoms with van der Waals surface area (Å²) < 4.78 is 0.766. The van der Waals surface area contributed by atoms with E-state index in [0.29, 0.717) is 5.56 Å². The van der Waals surface area contributed by atoms with Gasteiger partial charge in [-0.3, -0.25) is 0 Å². The molecule has 0 fully saturated rings. The van der Waals surface area contributed by atoms with Crippen LogP contribution in [0.5, 0.6) is 11.5 Å². The molecule has 1 aliphatic rings. The fourth-order valence-corrected chi connectivity index (χ4v) is 2.79. The lowest BCUT2D eigenvalue weighted by Crippen LogP contribution is -2.26. The Morgan fingerprint density at radius 2 is 1.60 bits per heavy atom. The van der Waals surface area contributed by atoms with Crippen molar-refractivity contribution in [3.63, 3.8) is 0 Å². The quantitative estimate of drug-likeness (QED) is 0.749. The number of nitrogens with zero attached hydrogens (tertiary/aromatic N) is 1. The highest BCUT2D eigenvalue weighted by Gasteiger charge is 2.25. The van der Waals surface area contributed by atoms with Gasteiger partial charge in [0.2, 0.25) is 0 Å². The van der Waals surface area contributed by atoms with Crippen molar-refractivity contribution in [2.24, 2.45) is 0 Å². The number of halogens is 1. The number of rotatable bonds is 1. The number of phenolic OH excluding ortho intramolecular Hbond substituents is 2. The molecule has 3 N–H and O–H groups in total. The third-order valence-electron chi connectivity index (χ3n) is 3.24. The van der Waals surface area contributed by atoms with Crippen LogP contribution in [-0.4, -0.2) is 15.3 Å². The van der Waals surface area contributed by atoms with Crippen LogP contribution in [0.1, 0.15) is 17.4 Å². The lowest BCUT2D eigenvalue weighted by Gasteiger charge is -2.32. The second kappa shape index (κ2) is 4.85. The lowest BCUT2D eigenvalue weighted by atomic mass is 10.0. The molecule has 0 saturated heterocycles. The van der Waals surface area contributed by atoms with Gasteiger partial charge in [-0.25, -0.2) is 0 Å². The first-order valence-electron chi connectivity index (χ1n) is 6.02. The minimum atomic E-state index is -0.851. The van der Waals surface area contributed by atoms with Crippen molar-refractivity contribution in [1.82, 2.24) is 0 Å². The van der Waals surface area contributed by atoms with Crippen LogP contribution in [0.2, 0.25) is 0 Å². The van der Waals surface area contributed by atoms with E-state index >= 15 is 0 Å². The Bertz CT molecular complexity index is 682. The molecule has 0 saturated carbocycles. The average Bonchev–Trinajstić information content (AvgIpc) is 2.44. The fraction of sp³-hybridized carbons (Fsp3) is 0.0667. The second-order valence-electron chi connectivity index (χ2n) is 4.55. The minimum absolute atomic E-state index is 0.152. The molecule has 0 amide bonds. The molecule has 1 heterocycles. The summed E-state index contributed by atoms with van der Waals surface area (Å²) in [6.45, 7) is 0. The molecule has 0 aliphatic carbocycles. The van der Waals surface area contributed by atoms with Crippen LogP contribution in [-0.2, 0) is 0 Å². The Morgan fingerprint density at radius 3 is 2.30 bits per heavy atom. The number of phenols is 2. The topological polar surface area (TPSA) is 63.9 Å². The van der Waals surface area contributed by atoms with E-state index in [-0.39, 0.29) is 11.5 Å². The van der Waals surface area contributed by atoms with Gasteiger partial charge in [0.1, 0.15) is 11.5 Å². The summed E-state index contributed by atoms with van der Waals surface area (Å²) >= 11 is 3.45. The maximum Gasteiger partial charge on any atom is 0.157 e. The van der Waals surface area contributed by atoms with Crippen LogP contribution in [0.4, 0.5) is 5.69 Å². The number of fused-ring (bicyclic) bond motifs is 1. The average molecular weight is 334 g/mol. The Morgan fingerprint density at radius 1 is 0.950 bits per heavy atom. The number of aromatic hydroxyl groups is 2. The Hall–Kier alpha value is -1.98. The van der Waals surface area contributed by atoms with Crippen LogP contribution in [0.15, 0.2) is 48.7 Å². The molecule has 0 spiro atoms. The maximum atomic E-state index is 10.5.